The zero-order valence-electron chi connectivity index (χ0n) is 38.8. The highest BCUT2D eigenvalue weighted by Gasteiger charge is 2.19. The maximum absolute atomic E-state index is 2.42. The van der Waals surface area contributed by atoms with Crippen LogP contribution in [0.15, 0.2) is 273 Å². The fourth-order valence-electron chi connectivity index (χ4n) is 11.0. The molecule has 0 amide bonds. The lowest BCUT2D eigenvalue weighted by Gasteiger charge is -2.25. The number of aromatic nitrogens is 2. The second kappa shape index (κ2) is 16.7. The van der Waals surface area contributed by atoms with E-state index in [4.69, 9.17) is 0 Å². The van der Waals surface area contributed by atoms with Crippen molar-refractivity contribution in [2.45, 2.75) is 0 Å². The first-order chi connectivity index (χ1) is 35.2. The van der Waals surface area contributed by atoms with E-state index < -0.39 is 0 Å². The SMILES string of the molecule is c1ccc(N(c2ccccc2)c2ccc(-c3cc(-c4ccc5c(c4)c4cc6ccccc6cc4n5-c4ccccc4)cc(-c4ccc5c(c4)c4cc6ccccc6cc4n5-c4ccccc4)c3)cc2)cc1. The standard InChI is InChI=1S/C68H45N3/c1-5-21-56(22-6-1)69(57-23-7-2-8-24-57)60-33-29-46(30-34-60)53-37-54(51-31-35-65-61(42-51)63-40-47-17-13-15-19-49(47)44-67(63)70(65)58-25-9-3-10-26-58)39-55(38-53)52-32-36-66-62(43-52)64-41-48-18-14-16-20-50(48)45-68(64)71(66)59-27-11-4-12-28-59/h1-45H. The monoisotopic (exact) mass is 903 g/mol. The summed E-state index contributed by atoms with van der Waals surface area (Å²) < 4.78 is 4.84. The molecule has 0 radical (unpaired) electrons. The molecular formula is C68H45N3. The fraction of sp³-hybridized carbons (Fsp3) is 0. The highest BCUT2D eigenvalue weighted by Crippen LogP contribution is 2.43. The quantitative estimate of drug-likeness (QED) is 0.148. The summed E-state index contributed by atoms with van der Waals surface area (Å²) in [6.07, 6.45) is 0. The van der Waals surface area contributed by atoms with Gasteiger partial charge in [-0.2, -0.15) is 0 Å². The molecule has 0 atom stereocenters. The molecule has 0 fully saturated rings. The van der Waals surface area contributed by atoms with Crippen LogP contribution in [0.1, 0.15) is 0 Å². The van der Waals surface area contributed by atoms with Crippen molar-refractivity contribution in [2.24, 2.45) is 0 Å². The van der Waals surface area contributed by atoms with Crippen molar-refractivity contribution in [2.75, 3.05) is 4.90 Å². The molecule has 0 spiro atoms. The molecule has 2 aromatic heterocycles. The first-order valence-electron chi connectivity index (χ1n) is 24.4. The maximum Gasteiger partial charge on any atom is 0.0547 e. The zero-order valence-corrected chi connectivity index (χ0v) is 38.8. The van der Waals surface area contributed by atoms with Gasteiger partial charge in [0.05, 0.1) is 22.1 Å². The Morgan fingerprint density at radius 1 is 0.211 bits per heavy atom. The van der Waals surface area contributed by atoms with Crippen LogP contribution in [-0.2, 0) is 0 Å². The first kappa shape index (κ1) is 40.6. The minimum atomic E-state index is 1.10. The molecule has 0 N–H and O–H groups in total. The Bertz CT molecular complexity index is 4050. The van der Waals surface area contributed by atoms with Crippen LogP contribution < -0.4 is 4.90 Å². The summed E-state index contributed by atoms with van der Waals surface area (Å²) in [4.78, 5) is 2.32. The van der Waals surface area contributed by atoms with E-state index in [0.29, 0.717) is 0 Å². The van der Waals surface area contributed by atoms with E-state index in [1.54, 1.807) is 0 Å². The molecule has 2 heterocycles. The van der Waals surface area contributed by atoms with Gasteiger partial charge in [-0.05, 0) is 182 Å². The molecule has 332 valence electrons. The Kier molecular flexibility index (Phi) is 9.53. The van der Waals surface area contributed by atoms with Crippen LogP contribution in [-0.4, -0.2) is 9.13 Å². The highest BCUT2D eigenvalue weighted by molar-refractivity contribution is 6.16. The van der Waals surface area contributed by atoms with Gasteiger partial charge in [0, 0.05) is 50.0 Å². The van der Waals surface area contributed by atoms with E-state index >= 15 is 0 Å². The minimum absolute atomic E-state index is 1.10. The molecule has 0 aliphatic heterocycles. The molecule has 14 aromatic rings. The van der Waals surface area contributed by atoms with Crippen molar-refractivity contribution in [3.05, 3.63) is 273 Å². The summed E-state index contributed by atoms with van der Waals surface area (Å²) in [7, 11) is 0. The Morgan fingerprint density at radius 2 is 0.535 bits per heavy atom. The number of anilines is 3. The van der Waals surface area contributed by atoms with Gasteiger partial charge in [-0.1, -0.05) is 146 Å². The highest BCUT2D eigenvalue weighted by atomic mass is 15.1. The number of nitrogens with zero attached hydrogens (tertiary/aromatic N) is 3. The predicted octanol–water partition coefficient (Wildman–Crippen LogP) is 18.7. The second-order valence-corrected chi connectivity index (χ2v) is 18.6. The predicted molar refractivity (Wildman–Crippen MR) is 301 cm³/mol. The molecule has 71 heavy (non-hydrogen) atoms. The fourth-order valence-corrected chi connectivity index (χ4v) is 11.0. The number of rotatable bonds is 8. The lowest BCUT2D eigenvalue weighted by atomic mass is 9.92. The van der Waals surface area contributed by atoms with Crippen molar-refractivity contribution >= 4 is 82.2 Å². The van der Waals surface area contributed by atoms with Gasteiger partial charge in [0.2, 0.25) is 0 Å². The van der Waals surface area contributed by atoms with Gasteiger partial charge < -0.3 is 14.0 Å². The van der Waals surface area contributed by atoms with Gasteiger partial charge in [0.15, 0.2) is 0 Å². The number of fused-ring (bicyclic) bond motifs is 8. The van der Waals surface area contributed by atoms with E-state index in [9.17, 15) is 0 Å². The van der Waals surface area contributed by atoms with Crippen LogP contribution in [0.5, 0.6) is 0 Å². The van der Waals surface area contributed by atoms with Gasteiger partial charge in [-0.25, -0.2) is 0 Å². The third-order valence-corrected chi connectivity index (χ3v) is 14.4. The number of hydrogen-bond acceptors (Lipinski definition) is 1. The first-order valence-corrected chi connectivity index (χ1v) is 24.4. The van der Waals surface area contributed by atoms with Crippen molar-refractivity contribution in [3.63, 3.8) is 0 Å². The van der Waals surface area contributed by atoms with Crippen molar-refractivity contribution in [1.29, 1.82) is 0 Å². The van der Waals surface area contributed by atoms with Crippen LogP contribution >= 0.6 is 0 Å². The molecular weight excluding hydrogens is 859 g/mol. The average molecular weight is 904 g/mol. The number of para-hydroxylation sites is 4. The molecule has 0 unspecified atom stereocenters. The molecule has 3 heteroatoms. The van der Waals surface area contributed by atoms with E-state index in [0.717, 1.165) is 50.7 Å². The summed E-state index contributed by atoms with van der Waals surface area (Å²) >= 11 is 0. The topological polar surface area (TPSA) is 13.1 Å². The molecule has 0 saturated heterocycles. The summed E-state index contributed by atoms with van der Waals surface area (Å²) in [6.45, 7) is 0. The third kappa shape index (κ3) is 6.97. The lowest BCUT2D eigenvalue weighted by Crippen LogP contribution is -2.09. The van der Waals surface area contributed by atoms with Gasteiger partial charge in [0.25, 0.3) is 0 Å². The van der Waals surface area contributed by atoms with Crippen molar-refractivity contribution in [1.82, 2.24) is 9.13 Å². The van der Waals surface area contributed by atoms with Gasteiger partial charge in [-0.15, -0.1) is 0 Å². The van der Waals surface area contributed by atoms with E-state index in [-0.39, 0.29) is 0 Å². The Labute approximate surface area is 412 Å². The van der Waals surface area contributed by atoms with Crippen LogP contribution in [0.4, 0.5) is 17.1 Å². The molecule has 12 aromatic carbocycles. The average Bonchev–Trinajstić information content (AvgIpc) is 3.93. The van der Waals surface area contributed by atoms with Crippen molar-refractivity contribution in [3.8, 4) is 44.8 Å². The van der Waals surface area contributed by atoms with Crippen LogP contribution in [0.2, 0.25) is 0 Å². The molecule has 3 nitrogen and oxygen atoms in total. The molecule has 0 aliphatic rings. The smallest absolute Gasteiger partial charge is 0.0547 e. The zero-order chi connectivity index (χ0) is 46.8. The van der Waals surface area contributed by atoms with E-state index in [1.165, 1.54) is 76.3 Å². The van der Waals surface area contributed by atoms with E-state index in [2.05, 4.69) is 287 Å². The van der Waals surface area contributed by atoms with Crippen LogP contribution in [0.25, 0.3) is 110 Å². The largest absolute Gasteiger partial charge is 0.311 e. The third-order valence-electron chi connectivity index (χ3n) is 14.4. The van der Waals surface area contributed by atoms with Gasteiger partial charge >= 0.3 is 0 Å². The molecule has 0 aliphatic carbocycles. The Morgan fingerprint density at radius 3 is 0.958 bits per heavy atom. The second-order valence-electron chi connectivity index (χ2n) is 18.6. The normalized spacial score (nSPS) is 11.7. The lowest BCUT2D eigenvalue weighted by molar-refractivity contribution is 1.18. The molecule has 0 bridgehead atoms. The van der Waals surface area contributed by atoms with Gasteiger partial charge in [-0.3, -0.25) is 0 Å². The summed E-state index contributed by atoms with van der Waals surface area (Å²) in [5, 5.41) is 9.88. The minimum Gasteiger partial charge on any atom is -0.311 e. The molecule has 0 saturated carbocycles. The van der Waals surface area contributed by atoms with Crippen LogP contribution in [0.3, 0.4) is 0 Å². The maximum atomic E-state index is 2.42. The summed E-state index contributed by atoms with van der Waals surface area (Å²) in [6, 6.07) is 99.9. The number of hydrogen-bond donors (Lipinski definition) is 0. The Balaban J connectivity index is 0.976. The van der Waals surface area contributed by atoms with Gasteiger partial charge in [0.1, 0.15) is 0 Å². The summed E-state index contributed by atoms with van der Waals surface area (Å²) in [5.74, 6) is 0. The van der Waals surface area contributed by atoms with Crippen LogP contribution in [0, 0.1) is 0 Å². The Hall–Kier alpha value is -9.44. The number of benzene rings is 12. The summed E-state index contributed by atoms with van der Waals surface area (Å²) in [5.41, 5.74) is 17.4. The molecule has 14 rings (SSSR count). The van der Waals surface area contributed by atoms with Crippen molar-refractivity contribution < 1.29 is 0 Å². The van der Waals surface area contributed by atoms with E-state index in [1.807, 2.05) is 0 Å².